The van der Waals surface area contributed by atoms with Gasteiger partial charge in [-0.15, -0.1) is 0 Å². The molecule has 0 unspecified atom stereocenters. The molecule has 1 aliphatic rings. The van der Waals surface area contributed by atoms with Crippen LogP contribution in [-0.2, 0) is 28.8 Å². The van der Waals surface area contributed by atoms with Gasteiger partial charge in [0.05, 0.1) is 13.2 Å². The third kappa shape index (κ3) is 4.50. The van der Waals surface area contributed by atoms with Crippen molar-refractivity contribution in [3.63, 3.8) is 0 Å². The summed E-state index contributed by atoms with van der Waals surface area (Å²) in [6.45, 7) is 1.05. The van der Waals surface area contributed by atoms with Gasteiger partial charge in [0.1, 0.15) is 5.75 Å². The number of carbonyl (C=O) groups excluding carboxylic acids is 1. The summed E-state index contributed by atoms with van der Waals surface area (Å²) < 4.78 is 48.4. The molecule has 1 aromatic rings. The van der Waals surface area contributed by atoms with Crippen molar-refractivity contribution >= 4 is 28.5 Å². The number of carbonyl (C=O) groups is 1. The van der Waals surface area contributed by atoms with Crippen LogP contribution >= 0.6 is 22.6 Å². The van der Waals surface area contributed by atoms with Crippen LogP contribution in [0.5, 0.6) is 5.75 Å². The molecule has 23 heavy (non-hydrogen) atoms. The third-order valence-electron chi connectivity index (χ3n) is 3.57. The maximum absolute atomic E-state index is 12.2. The van der Waals surface area contributed by atoms with Gasteiger partial charge in [-0.05, 0) is 46.6 Å². The lowest BCUT2D eigenvalue weighted by molar-refractivity contribution is -0.173. The first-order chi connectivity index (χ1) is 10.8. The Kier molecular flexibility index (Phi) is 6.12. The van der Waals surface area contributed by atoms with Crippen molar-refractivity contribution in [2.45, 2.75) is 25.4 Å². The zero-order chi connectivity index (χ0) is 17.0. The van der Waals surface area contributed by atoms with Gasteiger partial charge in [0.25, 0.3) is 0 Å². The normalized spacial score (nSPS) is 13.6. The average molecular weight is 443 g/mol. The van der Waals surface area contributed by atoms with Crippen LogP contribution in [0.25, 0.3) is 0 Å². The zero-order valence-electron chi connectivity index (χ0n) is 12.6. The molecule has 0 atom stereocenters. The van der Waals surface area contributed by atoms with Crippen LogP contribution in [0.2, 0.25) is 0 Å². The molecule has 0 saturated carbocycles. The second-order valence-corrected chi connectivity index (χ2v) is 6.24. The van der Waals surface area contributed by atoms with Gasteiger partial charge < -0.3 is 14.8 Å². The van der Waals surface area contributed by atoms with Crippen LogP contribution in [0, 0.1) is 3.57 Å². The first kappa shape index (κ1) is 18.3. The Bertz CT molecular complexity index is 590. The van der Waals surface area contributed by atoms with Crippen LogP contribution in [0.4, 0.5) is 13.2 Å². The number of nitrogens with one attached hydrogen (secondary N) is 1. The summed E-state index contributed by atoms with van der Waals surface area (Å²) in [7, 11) is 1.62. The van der Waals surface area contributed by atoms with Gasteiger partial charge in [0.15, 0.2) is 0 Å². The second kappa shape index (κ2) is 7.69. The molecule has 0 radical (unpaired) electrons. The van der Waals surface area contributed by atoms with Crippen molar-refractivity contribution in [2.24, 2.45) is 0 Å². The van der Waals surface area contributed by atoms with Crippen molar-refractivity contribution in [3.8, 4) is 5.75 Å². The van der Waals surface area contributed by atoms with Crippen molar-refractivity contribution in [2.75, 3.05) is 26.9 Å². The van der Waals surface area contributed by atoms with Gasteiger partial charge in [-0.1, -0.05) is 6.07 Å². The monoisotopic (exact) mass is 443 g/mol. The van der Waals surface area contributed by atoms with Gasteiger partial charge in [-0.3, -0.25) is 4.79 Å². The third-order valence-corrected chi connectivity index (χ3v) is 4.92. The molecule has 1 aliphatic heterocycles. The number of amides is 1. The van der Waals surface area contributed by atoms with E-state index in [-0.39, 0.29) is 6.54 Å². The van der Waals surface area contributed by atoms with Crippen molar-refractivity contribution in [3.05, 3.63) is 26.3 Å². The van der Waals surface area contributed by atoms with E-state index in [1.54, 1.807) is 7.11 Å². The molecule has 1 N–H and O–H groups in total. The van der Waals surface area contributed by atoms with Crippen LogP contribution in [0.15, 0.2) is 6.07 Å². The zero-order valence-corrected chi connectivity index (χ0v) is 14.7. The summed E-state index contributed by atoms with van der Waals surface area (Å²) in [6.07, 6.45) is -3.05. The molecule has 0 fully saturated rings. The Balaban J connectivity index is 2.12. The van der Waals surface area contributed by atoms with Crippen molar-refractivity contribution < 1.29 is 27.4 Å². The Morgan fingerprint density at radius 1 is 1.39 bits per heavy atom. The predicted molar refractivity (Wildman–Crippen MR) is 86.7 cm³/mol. The van der Waals surface area contributed by atoms with E-state index in [0.29, 0.717) is 19.6 Å². The Morgan fingerprint density at radius 3 is 2.78 bits per heavy atom. The van der Waals surface area contributed by atoms with E-state index in [1.165, 1.54) is 0 Å². The van der Waals surface area contributed by atoms with E-state index in [0.717, 1.165) is 38.9 Å². The second-order valence-electron chi connectivity index (χ2n) is 5.16. The SMILES string of the molecule is COCCc1cc(CCNC(=O)C(F)(F)F)c2c(c1I)CCO2. The highest BCUT2D eigenvalue weighted by Crippen LogP contribution is 2.36. The van der Waals surface area contributed by atoms with E-state index >= 15 is 0 Å². The molecule has 0 aliphatic carbocycles. The molecule has 2 rings (SSSR count). The van der Waals surface area contributed by atoms with Gasteiger partial charge in [0.2, 0.25) is 0 Å². The number of fused-ring (bicyclic) bond motifs is 1. The Hall–Kier alpha value is -1.03. The van der Waals surface area contributed by atoms with Crippen LogP contribution in [0.1, 0.15) is 16.7 Å². The minimum atomic E-state index is -4.85. The quantitative estimate of drug-likeness (QED) is 0.689. The maximum atomic E-state index is 12.2. The van der Waals surface area contributed by atoms with Gasteiger partial charge in [-0.2, -0.15) is 13.2 Å². The first-order valence-electron chi connectivity index (χ1n) is 7.14. The number of rotatable bonds is 6. The summed E-state index contributed by atoms with van der Waals surface area (Å²) in [5.74, 6) is -1.17. The van der Waals surface area contributed by atoms with E-state index in [1.807, 2.05) is 11.4 Å². The molecule has 128 valence electrons. The highest BCUT2D eigenvalue weighted by Gasteiger charge is 2.38. The lowest BCUT2D eigenvalue weighted by Gasteiger charge is -2.14. The fraction of sp³-hybridized carbons (Fsp3) is 0.533. The fourth-order valence-corrected chi connectivity index (χ4v) is 3.42. The number of hydrogen-bond donors (Lipinski definition) is 1. The lowest BCUT2D eigenvalue weighted by atomic mass is 9.99. The highest BCUT2D eigenvalue weighted by atomic mass is 127. The molecular formula is C15H17F3INO3. The first-order valence-corrected chi connectivity index (χ1v) is 8.22. The minimum absolute atomic E-state index is 0.0849. The number of alkyl halides is 3. The topological polar surface area (TPSA) is 47.6 Å². The number of ether oxygens (including phenoxy) is 2. The fourth-order valence-electron chi connectivity index (χ4n) is 2.48. The molecule has 1 aromatic carbocycles. The van der Waals surface area contributed by atoms with Crippen LogP contribution in [0.3, 0.4) is 0 Å². The summed E-state index contributed by atoms with van der Waals surface area (Å²) in [4.78, 5) is 10.9. The van der Waals surface area contributed by atoms with E-state index in [4.69, 9.17) is 9.47 Å². The van der Waals surface area contributed by atoms with E-state index < -0.39 is 12.1 Å². The lowest BCUT2D eigenvalue weighted by Crippen LogP contribution is -2.37. The largest absolute Gasteiger partial charge is 0.493 e. The predicted octanol–water partition coefficient (Wildman–Crippen LogP) is 2.64. The van der Waals surface area contributed by atoms with Gasteiger partial charge in [-0.25, -0.2) is 0 Å². The van der Waals surface area contributed by atoms with Gasteiger partial charge in [0, 0.05) is 29.2 Å². The summed E-state index contributed by atoms with van der Waals surface area (Å²) in [6, 6.07) is 1.94. The average Bonchev–Trinajstić information content (AvgIpc) is 2.97. The van der Waals surface area contributed by atoms with Crippen LogP contribution in [-0.4, -0.2) is 39.0 Å². The summed E-state index contributed by atoms with van der Waals surface area (Å²) >= 11 is 2.27. The van der Waals surface area contributed by atoms with E-state index in [9.17, 15) is 18.0 Å². The van der Waals surface area contributed by atoms with Crippen molar-refractivity contribution in [1.82, 2.24) is 5.32 Å². The molecule has 0 saturated heterocycles. The number of halogens is 4. The highest BCUT2D eigenvalue weighted by molar-refractivity contribution is 14.1. The Labute approximate surface area is 145 Å². The maximum Gasteiger partial charge on any atom is 0.471 e. The number of hydrogen-bond acceptors (Lipinski definition) is 3. The minimum Gasteiger partial charge on any atom is -0.493 e. The molecule has 1 heterocycles. The van der Waals surface area contributed by atoms with E-state index in [2.05, 4.69) is 22.6 Å². The van der Waals surface area contributed by atoms with Crippen molar-refractivity contribution in [1.29, 1.82) is 0 Å². The molecule has 0 aromatic heterocycles. The number of methoxy groups -OCH3 is 1. The number of benzene rings is 1. The van der Waals surface area contributed by atoms with Crippen LogP contribution < -0.4 is 10.1 Å². The summed E-state index contributed by atoms with van der Waals surface area (Å²) in [5.41, 5.74) is 3.01. The molecule has 0 spiro atoms. The molecular weight excluding hydrogens is 426 g/mol. The molecule has 8 heteroatoms. The standard InChI is InChI=1S/C15H17F3INO3/c1-22-6-3-9-8-10(2-5-20-14(21)15(16,17)18)13-11(12(9)19)4-7-23-13/h8H,2-7H2,1H3,(H,20,21). The molecule has 4 nitrogen and oxygen atoms in total. The van der Waals surface area contributed by atoms with Gasteiger partial charge >= 0.3 is 12.1 Å². The summed E-state index contributed by atoms with van der Waals surface area (Å²) in [5, 5.41) is 1.89. The smallest absolute Gasteiger partial charge is 0.471 e. The Morgan fingerprint density at radius 2 is 2.13 bits per heavy atom. The molecule has 1 amide bonds. The molecule has 0 bridgehead atoms.